The van der Waals surface area contributed by atoms with Crippen LogP contribution in [0.5, 0.6) is 0 Å². The molecule has 6 nitrogen and oxygen atoms in total. The molecule has 0 aliphatic carbocycles. The number of aliphatic imine (C=N–C) groups is 1. The second kappa shape index (κ2) is 7.95. The number of ether oxygens (including phenoxy) is 3. The van der Waals surface area contributed by atoms with Gasteiger partial charge in [0.15, 0.2) is 0 Å². The van der Waals surface area contributed by atoms with Gasteiger partial charge in [0.2, 0.25) is 5.88 Å². The van der Waals surface area contributed by atoms with Crippen LogP contribution in [-0.2, 0) is 20.9 Å². The molecule has 0 fully saturated rings. The second-order valence-corrected chi connectivity index (χ2v) is 13.4. The Balaban J connectivity index is 2.30. The van der Waals surface area contributed by atoms with Crippen molar-refractivity contribution in [1.82, 2.24) is 9.88 Å². The first kappa shape index (κ1) is 20.0. The molecule has 1 aliphatic rings. The van der Waals surface area contributed by atoms with Gasteiger partial charge in [0.25, 0.3) is 5.18 Å². The molecule has 1 unspecified atom stereocenters. The van der Waals surface area contributed by atoms with Gasteiger partial charge in [-0.3, -0.25) is 0 Å². The number of methoxy groups -OCH3 is 2. The molecule has 1 aromatic heterocycles. The summed E-state index contributed by atoms with van der Waals surface area (Å²) < 4.78 is 18.8. The highest BCUT2D eigenvalue weighted by molar-refractivity contribution is 6.76. The van der Waals surface area contributed by atoms with Gasteiger partial charge in [-0.1, -0.05) is 31.2 Å². The zero-order chi connectivity index (χ0) is 18.7. The smallest absolute Gasteiger partial charge is 0.252 e. The molecule has 0 saturated heterocycles. The van der Waals surface area contributed by atoms with Crippen LogP contribution in [0.4, 0.5) is 0 Å². The van der Waals surface area contributed by atoms with E-state index in [1.54, 1.807) is 14.2 Å². The van der Waals surface area contributed by atoms with Crippen LogP contribution in [-0.4, -0.2) is 45.0 Å². The third-order valence-electron chi connectivity index (χ3n) is 4.07. The molecule has 0 amide bonds. The van der Waals surface area contributed by atoms with Gasteiger partial charge in [-0.05, 0) is 24.6 Å². The minimum Gasteiger partial charge on any atom is -0.481 e. The van der Waals surface area contributed by atoms with Crippen molar-refractivity contribution in [1.29, 1.82) is 0 Å². The van der Waals surface area contributed by atoms with E-state index in [0.29, 0.717) is 18.2 Å². The number of nitrogens with one attached hydrogen (secondary N) is 1. The first-order chi connectivity index (χ1) is 11.7. The largest absolute Gasteiger partial charge is 0.481 e. The highest BCUT2D eigenvalue weighted by Crippen LogP contribution is 2.38. The van der Waals surface area contributed by atoms with Gasteiger partial charge in [0, 0.05) is 28.0 Å². The van der Waals surface area contributed by atoms with Crippen LogP contribution in [0.2, 0.25) is 25.7 Å². The molecule has 1 N–H and O–H groups in total. The van der Waals surface area contributed by atoms with Gasteiger partial charge >= 0.3 is 0 Å². The second-order valence-electron chi connectivity index (χ2n) is 7.25. The molecule has 0 radical (unpaired) electrons. The molecule has 1 atom stereocenters. The maximum Gasteiger partial charge on any atom is 0.252 e. The Bertz CT molecular complexity index is 667. The average molecular weight is 386 g/mol. The Kier molecular flexibility index (Phi) is 6.37. The van der Waals surface area contributed by atoms with Crippen LogP contribution in [0.1, 0.15) is 11.3 Å². The van der Waals surface area contributed by atoms with Crippen molar-refractivity contribution >= 4 is 31.6 Å². The van der Waals surface area contributed by atoms with E-state index in [9.17, 15) is 0 Å². The Morgan fingerprint density at radius 1 is 1.32 bits per heavy atom. The van der Waals surface area contributed by atoms with Crippen molar-refractivity contribution < 1.29 is 14.2 Å². The number of hydrogen-bond donors (Lipinski definition) is 1. The van der Waals surface area contributed by atoms with Crippen LogP contribution in [0.15, 0.2) is 23.1 Å². The molecular formula is C17H28ClN3O3Si. The number of rotatable bonds is 8. The fourth-order valence-corrected chi connectivity index (χ4v) is 3.56. The standard InChI is InChI=1S/C17H28ClN3O3Si/c1-13-7-8-21(12-24-9-10-25(4,5)6)15(13)14-16(22-2)19-11-20-17(14,18)23-3/h7-8,11H,9-10,12H2,1-6H3,(H,19,20). The van der Waals surface area contributed by atoms with Gasteiger partial charge in [0.1, 0.15) is 12.3 Å². The van der Waals surface area contributed by atoms with Crippen LogP contribution < -0.4 is 5.32 Å². The maximum atomic E-state index is 6.64. The number of alkyl halides is 1. The molecular weight excluding hydrogens is 358 g/mol. The Morgan fingerprint density at radius 2 is 2.04 bits per heavy atom. The molecule has 0 aromatic carbocycles. The monoisotopic (exact) mass is 385 g/mol. The van der Waals surface area contributed by atoms with E-state index in [0.717, 1.165) is 23.9 Å². The Hall–Kier alpha value is -1.28. The Morgan fingerprint density at radius 3 is 2.64 bits per heavy atom. The van der Waals surface area contributed by atoms with Crippen molar-refractivity contribution in [2.45, 2.75) is 44.5 Å². The van der Waals surface area contributed by atoms with Crippen molar-refractivity contribution in [2.24, 2.45) is 4.99 Å². The highest BCUT2D eigenvalue weighted by Gasteiger charge is 2.40. The fraction of sp³-hybridized carbons (Fsp3) is 0.588. The lowest BCUT2D eigenvalue weighted by molar-refractivity contribution is 0.0817. The molecule has 0 bridgehead atoms. The van der Waals surface area contributed by atoms with Crippen molar-refractivity contribution in [3.63, 3.8) is 0 Å². The van der Waals surface area contributed by atoms with E-state index in [1.165, 1.54) is 6.34 Å². The summed E-state index contributed by atoms with van der Waals surface area (Å²) in [5.41, 5.74) is 2.56. The van der Waals surface area contributed by atoms with E-state index < -0.39 is 13.3 Å². The first-order valence-corrected chi connectivity index (χ1v) is 12.4. The molecule has 0 saturated carbocycles. The van der Waals surface area contributed by atoms with Crippen molar-refractivity contribution in [2.75, 3.05) is 20.8 Å². The SMILES string of the molecule is COC1=C(c2c(C)ccn2COCC[Si](C)(C)C)C(Cl)(OC)NC=N1. The van der Waals surface area contributed by atoms with Crippen LogP contribution in [0, 0.1) is 6.92 Å². The van der Waals surface area contributed by atoms with Crippen molar-refractivity contribution in [3.05, 3.63) is 29.4 Å². The molecule has 8 heteroatoms. The summed E-state index contributed by atoms with van der Waals surface area (Å²) in [4.78, 5) is 4.25. The average Bonchev–Trinajstić information content (AvgIpc) is 2.91. The lowest BCUT2D eigenvalue weighted by atomic mass is 10.1. The van der Waals surface area contributed by atoms with Crippen LogP contribution in [0.25, 0.3) is 5.57 Å². The fourth-order valence-electron chi connectivity index (χ4n) is 2.59. The summed E-state index contributed by atoms with van der Waals surface area (Å²) in [6.45, 7) is 10.2. The first-order valence-electron chi connectivity index (χ1n) is 8.29. The van der Waals surface area contributed by atoms with E-state index in [-0.39, 0.29) is 0 Å². The molecule has 1 aliphatic heterocycles. The predicted octanol–water partition coefficient (Wildman–Crippen LogP) is 3.59. The third-order valence-corrected chi connectivity index (χ3v) is 6.23. The summed E-state index contributed by atoms with van der Waals surface area (Å²) in [5, 5.41) is 1.71. The highest BCUT2D eigenvalue weighted by atomic mass is 35.5. The molecule has 2 rings (SSSR count). The number of hydrogen-bond acceptors (Lipinski definition) is 5. The summed E-state index contributed by atoms with van der Waals surface area (Å²) in [5.74, 6) is 0.417. The number of nitrogens with zero attached hydrogens (tertiary/aromatic N) is 2. The van der Waals surface area contributed by atoms with Gasteiger partial charge < -0.3 is 24.1 Å². The lowest BCUT2D eigenvalue weighted by Gasteiger charge is -2.32. The van der Waals surface area contributed by atoms with Crippen LogP contribution in [0.3, 0.4) is 0 Å². The van der Waals surface area contributed by atoms with Crippen molar-refractivity contribution in [3.8, 4) is 0 Å². The zero-order valence-electron chi connectivity index (χ0n) is 15.9. The third kappa shape index (κ3) is 4.66. The number of aryl methyl sites for hydroxylation is 1. The summed E-state index contributed by atoms with van der Waals surface area (Å²) >= 11 is 6.64. The van der Waals surface area contributed by atoms with E-state index in [4.69, 9.17) is 25.8 Å². The summed E-state index contributed by atoms with van der Waals surface area (Å²) in [6, 6.07) is 3.14. The topological polar surface area (TPSA) is 57.0 Å². The Labute approximate surface area is 155 Å². The lowest BCUT2D eigenvalue weighted by Crippen LogP contribution is -2.45. The minimum absolute atomic E-state index is 0.417. The molecule has 1 aromatic rings. The maximum absolute atomic E-state index is 6.64. The van der Waals surface area contributed by atoms with Gasteiger partial charge in [-0.15, -0.1) is 0 Å². The summed E-state index contributed by atoms with van der Waals surface area (Å²) in [7, 11) is 1.99. The normalized spacial score (nSPS) is 20.8. The van der Waals surface area contributed by atoms with E-state index >= 15 is 0 Å². The zero-order valence-corrected chi connectivity index (χ0v) is 17.6. The van der Waals surface area contributed by atoms with E-state index in [1.807, 2.05) is 23.8 Å². The van der Waals surface area contributed by atoms with Gasteiger partial charge in [-0.2, -0.15) is 0 Å². The minimum atomic E-state index is -1.24. The van der Waals surface area contributed by atoms with Crippen LogP contribution >= 0.6 is 11.6 Å². The number of aromatic nitrogens is 1. The van der Waals surface area contributed by atoms with Gasteiger partial charge in [-0.25, -0.2) is 4.99 Å². The summed E-state index contributed by atoms with van der Waals surface area (Å²) in [6.07, 6.45) is 3.46. The molecule has 140 valence electrons. The predicted molar refractivity (Wildman–Crippen MR) is 104 cm³/mol. The molecule has 2 heterocycles. The molecule has 25 heavy (non-hydrogen) atoms. The van der Waals surface area contributed by atoms with E-state index in [2.05, 4.69) is 30.0 Å². The molecule has 0 spiro atoms. The number of halogens is 1. The quantitative estimate of drug-likeness (QED) is 0.321. The van der Waals surface area contributed by atoms with Gasteiger partial charge in [0.05, 0.1) is 19.1 Å².